The molecule has 0 fully saturated rings. The fraction of sp³-hybridized carbons (Fsp3) is 0.440. The number of nitrogens with zero attached hydrogens (tertiary/aromatic N) is 1. The molecule has 0 spiro atoms. The summed E-state index contributed by atoms with van der Waals surface area (Å²) in [7, 11) is 0. The molecule has 0 bridgehead atoms. The summed E-state index contributed by atoms with van der Waals surface area (Å²) >= 11 is 6.00. The third-order valence-electron chi connectivity index (χ3n) is 5.14. The molecule has 1 N–H and O–H groups in total. The summed E-state index contributed by atoms with van der Waals surface area (Å²) in [6, 6.07) is 15.3. The van der Waals surface area contributed by atoms with Crippen LogP contribution in [0.1, 0.15) is 57.2 Å². The lowest BCUT2D eigenvalue weighted by Gasteiger charge is -2.31. The molecular formula is C25H33ClN2O2. The lowest BCUT2D eigenvalue weighted by atomic mass is 10.0. The van der Waals surface area contributed by atoms with E-state index in [0.29, 0.717) is 30.8 Å². The Bertz CT molecular complexity index is 816. The number of hydrogen-bond donors (Lipinski definition) is 1. The number of carbonyl (C=O) groups excluding carboxylic acids is 2. The molecule has 2 rings (SSSR count). The SMILES string of the molecule is CCc1ccc(CCC(=O)N(Cc2ccc(Cl)cc2)[C@H](CC)C(=O)NC(C)C)cc1. The summed E-state index contributed by atoms with van der Waals surface area (Å²) in [5, 5.41) is 3.61. The van der Waals surface area contributed by atoms with Crippen LogP contribution in [0.2, 0.25) is 5.02 Å². The lowest BCUT2D eigenvalue weighted by molar-refractivity contribution is -0.141. The minimum atomic E-state index is -0.502. The zero-order valence-electron chi connectivity index (χ0n) is 18.5. The normalized spacial score (nSPS) is 11.9. The number of rotatable bonds is 10. The first-order chi connectivity index (χ1) is 14.3. The van der Waals surface area contributed by atoms with Crippen molar-refractivity contribution in [1.82, 2.24) is 10.2 Å². The van der Waals surface area contributed by atoms with E-state index in [1.807, 2.05) is 45.0 Å². The minimum Gasteiger partial charge on any atom is -0.352 e. The van der Waals surface area contributed by atoms with Gasteiger partial charge in [-0.2, -0.15) is 0 Å². The fourth-order valence-electron chi connectivity index (χ4n) is 3.42. The monoisotopic (exact) mass is 428 g/mol. The van der Waals surface area contributed by atoms with Crippen LogP contribution in [0, 0.1) is 0 Å². The van der Waals surface area contributed by atoms with Gasteiger partial charge < -0.3 is 10.2 Å². The zero-order valence-corrected chi connectivity index (χ0v) is 19.2. The highest BCUT2D eigenvalue weighted by atomic mass is 35.5. The summed E-state index contributed by atoms with van der Waals surface area (Å²) in [6.07, 6.45) is 2.58. The molecule has 2 amide bonds. The second-order valence-corrected chi connectivity index (χ2v) is 8.34. The number of benzene rings is 2. The molecule has 162 valence electrons. The zero-order chi connectivity index (χ0) is 22.1. The molecule has 0 aliphatic heterocycles. The summed E-state index contributed by atoms with van der Waals surface area (Å²) in [4.78, 5) is 27.7. The molecule has 0 radical (unpaired) electrons. The molecule has 2 aromatic rings. The number of nitrogens with one attached hydrogen (secondary N) is 1. The molecule has 0 unspecified atom stereocenters. The Hall–Kier alpha value is -2.33. The summed E-state index contributed by atoms with van der Waals surface area (Å²) in [6.45, 7) is 8.30. The first-order valence-electron chi connectivity index (χ1n) is 10.8. The molecular weight excluding hydrogens is 396 g/mol. The van der Waals surface area contributed by atoms with E-state index in [1.165, 1.54) is 5.56 Å². The summed E-state index contributed by atoms with van der Waals surface area (Å²) in [5.41, 5.74) is 3.37. The third-order valence-corrected chi connectivity index (χ3v) is 5.39. The van der Waals surface area contributed by atoms with Crippen molar-refractivity contribution in [2.45, 2.75) is 72.0 Å². The molecule has 30 heavy (non-hydrogen) atoms. The van der Waals surface area contributed by atoms with Crippen LogP contribution in [0.25, 0.3) is 0 Å². The fourth-order valence-corrected chi connectivity index (χ4v) is 3.55. The topological polar surface area (TPSA) is 49.4 Å². The van der Waals surface area contributed by atoms with Gasteiger partial charge in [-0.25, -0.2) is 0 Å². The average Bonchev–Trinajstić information content (AvgIpc) is 2.73. The summed E-state index contributed by atoms with van der Waals surface area (Å²) in [5.74, 6) is -0.127. The van der Waals surface area contributed by atoms with Crippen LogP contribution in [0.4, 0.5) is 0 Å². The molecule has 1 atom stereocenters. The van der Waals surface area contributed by atoms with E-state index >= 15 is 0 Å². The Labute approximate surface area is 185 Å². The molecule has 0 saturated carbocycles. The van der Waals surface area contributed by atoms with Gasteiger partial charge in [-0.05, 0) is 61.9 Å². The van der Waals surface area contributed by atoms with E-state index in [1.54, 1.807) is 4.90 Å². The second kappa shape index (κ2) is 11.8. The van der Waals surface area contributed by atoms with Gasteiger partial charge in [-0.1, -0.05) is 61.8 Å². The van der Waals surface area contributed by atoms with Crippen molar-refractivity contribution in [1.29, 1.82) is 0 Å². The van der Waals surface area contributed by atoms with Crippen molar-refractivity contribution in [3.63, 3.8) is 0 Å². The Morgan fingerprint density at radius 1 is 0.933 bits per heavy atom. The molecule has 0 aliphatic carbocycles. The van der Waals surface area contributed by atoms with Crippen LogP contribution in [-0.2, 0) is 29.0 Å². The van der Waals surface area contributed by atoms with Crippen molar-refractivity contribution >= 4 is 23.4 Å². The van der Waals surface area contributed by atoms with Crippen LogP contribution in [0.15, 0.2) is 48.5 Å². The largest absolute Gasteiger partial charge is 0.352 e. The maximum atomic E-state index is 13.2. The highest BCUT2D eigenvalue weighted by Crippen LogP contribution is 2.17. The Kier molecular flexibility index (Phi) is 9.38. The first kappa shape index (κ1) is 23.9. The van der Waals surface area contributed by atoms with E-state index in [-0.39, 0.29) is 17.9 Å². The third kappa shape index (κ3) is 7.17. The predicted octanol–water partition coefficient (Wildman–Crippen LogP) is 5.17. The smallest absolute Gasteiger partial charge is 0.243 e. The van der Waals surface area contributed by atoms with Crippen molar-refractivity contribution in [2.75, 3.05) is 0 Å². The van der Waals surface area contributed by atoms with Gasteiger partial charge in [-0.3, -0.25) is 9.59 Å². The van der Waals surface area contributed by atoms with Gasteiger partial charge in [0, 0.05) is 24.0 Å². The van der Waals surface area contributed by atoms with Crippen LogP contribution in [-0.4, -0.2) is 28.8 Å². The first-order valence-corrected chi connectivity index (χ1v) is 11.1. The van der Waals surface area contributed by atoms with Crippen LogP contribution in [0.3, 0.4) is 0 Å². The Morgan fingerprint density at radius 3 is 2.03 bits per heavy atom. The predicted molar refractivity (Wildman–Crippen MR) is 124 cm³/mol. The molecule has 2 aromatic carbocycles. The van der Waals surface area contributed by atoms with Gasteiger partial charge in [0.15, 0.2) is 0 Å². The standard InChI is InChI=1S/C25H33ClN2O2/c1-5-19-7-9-20(10-8-19)13-16-24(29)28(17-21-11-14-22(26)15-12-21)23(6-2)25(30)27-18(3)4/h7-12,14-15,18,23H,5-6,13,16-17H2,1-4H3,(H,27,30)/t23-/m1/s1. The van der Waals surface area contributed by atoms with Crippen molar-refractivity contribution in [3.8, 4) is 0 Å². The Balaban J connectivity index is 2.17. The second-order valence-electron chi connectivity index (χ2n) is 7.91. The Morgan fingerprint density at radius 2 is 1.50 bits per heavy atom. The lowest BCUT2D eigenvalue weighted by Crippen LogP contribution is -2.50. The summed E-state index contributed by atoms with van der Waals surface area (Å²) < 4.78 is 0. The number of halogens is 1. The quantitative estimate of drug-likeness (QED) is 0.567. The molecule has 0 aromatic heterocycles. The van der Waals surface area contributed by atoms with Gasteiger partial charge >= 0.3 is 0 Å². The maximum Gasteiger partial charge on any atom is 0.243 e. The number of hydrogen-bond acceptors (Lipinski definition) is 2. The van der Waals surface area contributed by atoms with Gasteiger partial charge in [0.2, 0.25) is 11.8 Å². The van der Waals surface area contributed by atoms with E-state index in [9.17, 15) is 9.59 Å². The minimum absolute atomic E-state index is 0.0183. The highest BCUT2D eigenvalue weighted by Gasteiger charge is 2.28. The van der Waals surface area contributed by atoms with E-state index in [0.717, 1.165) is 17.5 Å². The number of carbonyl (C=O) groups is 2. The molecule has 4 nitrogen and oxygen atoms in total. The van der Waals surface area contributed by atoms with Crippen molar-refractivity contribution in [3.05, 3.63) is 70.2 Å². The van der Waals surface area contributed by atoms with Crippen LogP contribution >= 0.6 is 11.6 Å². The van der Waals surface area contributed by atoms with E-state index in [2.05, 4.69) is 36.5 Å². The molecule has 0 saturated heterocycles. The molecule has 0 heterocycles. The van der Waals surface area contributed by atoms with Gasteiger partial charge in [0.25, 0.3) is 0 Å². The highest BCUT2D eigenvalue weighted by molar-refractivity contribution is 6.30. The maximum absolute atomic E-state index is 13.2. The van der Waals surface area contributed by atoms with Crippen LogP contribution < -0.4 is 5.32 Å². The van der Waals surface area contributed by atoms with Gasteiger partial charge in [0.1, 0.15) is 6.04 Å². The van der Waals surface area contributed by atoms with Gasteiger partial charge in [-0.15, -0.1) is 0 Å². The number of amides is 2. The number of aryl methyl sites for hydroxylation is 2. The van der Waals surface area contributed by atoms with E-state index < -0.39 is 6.04 Å². The molecule has 0 aliphatic rings. The molecule has 5 heteroatoms. The van der Waals surface area contributed by atoms with Crippen LogP contribution in [0.5, 0.6) is 0 Å². The van der Waals surface area contributed by atoms with Crippen molar-refractivity contribution < 1.29 is 9.59 Å². The average molecular weight is 429 g/mol. The van der Waals surface area contributed by atoms with E-state index in [4.69, 9.17) is 11.6 Å². The van der Waals surface area contributed by atoms with Gasteiger partial charge in [0.05, 0.1) is 0 Å². The van der Waals surface area contributed by atoms with Crippen molar-refractivity contribution in [2.24, 2.45) is 0 Å².